The number of fused-ring (bicyclic) bond motifs is 4. The Kier molecular flexibility index (Phi) is 6.80. The van der Waals surface area contributed by atoms with E-state index in [-0.39, 0.29) is 23.6 Å². The molecule has 0 radical (unpaired) electrons. The predicted molar refractivity (Wildman–Crippen MR) is 158 cm³/mol. The number of anilines is 1. The van der Waals surface area contributed by atoms with E-state index < -0.39 is 41.9 Å². The molecule has 9 nitrogen and oxygen atoms in total. The highest BCUT2D eigenvalue weighted by molar-refractivity contribution is 6.24. The number of aromatic amines is 1. The second-order valence-corrected chi connectivity index (χ2v) is 11.5. The first kappa shape index (κ1) is 27.3. The van der Waals surface area contributed by atoms with Gasteiger partial charge >= 0.3 is 12.0 Å². The van der Waals surface area contributed by atoms with Crippen LogP contribution in [0.1, 0.15) is 59.1 Å². The number of nitrogens with zero attached hydrogens (tertiary/aromatic N) is 2. The highest BCUT2D eigenvalue weighted by Gasteiger charge is 2.53. The molecule has 214 valence electrons. The molecule has 6 rings (SSSR count). The number of H-pyrrole nitrogens is 1. The molecule has 1 aromatic heterocycles. The summed E-state index contributed by atoms with van der Waals surface area (Å²) in [5.74, 6) is -2.19. The molecule has 2 aliphatic heterocycles. The Bertz CT molecular complexity index is 1720. The monoisotopic (exact) mass is 564 g/mol. The molecular weight excluding hydrogens is 532 g/mol. The third-order valence-corrected chi connectivity index (χ3v) is 8.14. The molecule has 9 heteroatoms. The first-order valence-corrected chi connectivity index (χ1v) is 14.1. The first-order chi connectivity index (χ1) is 20.2. The Labute approximate surface area is 243 Å². The molecule has 4 aromatic rings. The van der Waals surface area contributed by atoms with E-state index in [1.807, 2.05) is 69.3 Å². The molecule has 1 fully saturated rings. The lowest BCUT2D eigenvalue weighted by Gasteiger charge is -2.36. The lowest BCUT2D eigenvalue weighted by Crippen LogP contribution is -2.44. The number of carboxylic acids is 1. The van der Waals surface area contributed by atoms with Gasteiger partial charge in [-0.1, -0.05) is 74.0 Å². The maximum atomic E-state index is 14.3. The molecule has 2 aliphatic rings. The number of aryl methyl sites for hydroxylation is 1. The smallest absolute Gasteiger partial charge is 0.332 e. The summed E-state index contributed by atoms with van der Waals surface area (Å²) in [6.45, 7) is 5.74. The van der Waals surface area contributed by atoms with Crippen molar-refractivity contribution in [1.29, 1.82) is 0 Å². The van der Waals surface area contributed by atoms with E-state index in [4.69, 9.17) is 0 Å². The number of hydrogen-bond donors (Lipinski definition) is 3. The molecule has 1 unspecified atom stereocenters. The van der Waals surface area contributed by atoms with Crippen LogP contribution in [0.4, 0.5) is 10.5 Å². The fourth-order valence-corrected chi connectivity index (χ4v) is 6.18. The number of amides is 4. The number of para-hydroxylation sites is 2. The summed E-state index contributed by atoms with van der Waals surface area (Å²) >= 11 is 0. The van der Waals surface area contributed by atoms with Gasteiger partial charge < -0.3 is 15.4 Å². The predicted octanol–water partition coefficient (Wildman–Crippen LogP) is 5.19. The third-order valence-electron chi connectivity index (χ3n) is 8.14. The Morgan fingerprint density at radius 2 is 1.69 bits per heavy atom. The summed E-state index contributed by atoms with van der Waals surface area (Å²) in [5, 5.41) is 13.3. The summed E-state index contributed by atoms with van der Waals surface area (Å²) < 4.78 is 0. The molecule has 0 bridgehead atoms. The number of aliphatic carboxylic acids is 1. The van der Waals surface area contributed by atoms with Gasteiger partial charge in [-0.3, -0.25) is 14.5 Å². The molecule has 3 N–H and O–H groups in total. The Morgan fingerprint density at radius 1 is 1.00 bits per heavy atom. The number of benzene rings is 3. The lowest BCUT2D eigenvalue weighted by molar-refractivity contribution is -0.139. The number of urea groups is 1. The first-order valence-electron chi connectivity index (χ1n) is 14.1. The average molecular weight is 565 g/mol. The van der Waals surface area contributed by atoms with Crippen molar-refractivity contribution in [3.63, 3.8) is 0 Å². The van der Waals surface area contributed by atoms with Gasteiger partial charge in [-0.05, 0) is 48.6 Å². The van der Waals surface area contributed by atoms with E-state index in [1.165, 1.54) is 6.07 Å². The van der Waals surface area contributed by atoms with Crippen LogP contribution in [0.5, 0.6) is 0 Å². The van der Waals surface area contributed by atoms with Crippen LogP contribution in [0.2, 0.25) is 0 Å². The van der Waals surface area contributed by atoms with Crippen LogP contribution in [-0.4, -0.2) is 50.9 Å². The van der Waals surface area contributed by atoms with E-state index in [1.54, 1.807) is 23.1 Å². The largest absolute Gasteiger partial charge is 0.480 e. The van der Waals surface area contributed by atoms with Gasteiger partial charge in [-0.15, -0.1) is 0 Å². The van der Waals surface area contributed by atoms with Crippen molar-refractivity contribution in [1.82, 2.24) is 15.2 Å². The highest BCUT2D eigenvalue weighted by atomic mass is 16.4. The summed E-state index contributed by atoms with van der Waals surface area (Å²) in [5.41, 5.74) is 4.92. The topological polar surface area (TPSA) is 123 Å². The zero-order valence-corrected chi connectivity index (χ0v) is 23.6. The number of aromatic nitrogens is 1. The maximum Gasteiger partial charge on any atom is 0.332 e. The molecule has 1 saturated heterocycles. The second-order valence-electron chi connectivity index (χ2n) is 11.5. The van der Waals surface area contributed by atoms with E-state index in [0.717, 1.165) is 38.2 Å². The minimum Gasteiger partial charge on any atom is -0.480 e. The van der Waals surface area contributed by atoms with Crippen molar-refractivity contribution < 1.29 is 24.3 Å². The molecule has 0 aliphatic carbocycles. The van der Waals surface area contributed by atoms with Gasteiger partial charge in [0.25, 0.3) is 11.8 Å². The zero-order chi connectivity index (χ0) is 29.7. The van der Waals surface area contributed by atoms with E-state index >= 15 is 0 Å². The third kappa shape index (κ3) is 4.51. The molecule has 0 saturated carbocycles. The second kappa shape index (κ2) is 10.5. The van der Waals surface area contributed by atoms with Crippen molar-refractivity contribution in [2.45, 2.75) is 51.7 Å². The Balaban J connectivity index is 1.42. The van der Waals surface area contributed by atoms with Crippen LogP contribution in [0.3, 0.4) is 0 Å². The maximum absolute atomic E-state index is 14.3. The van der Waals surface area contributed by atoms with Gasteiger partial charge in [0.15, 0.2) is 0 Å². The molecule has 3 heterocycles. The molecular formula is C33H32N4O5. The zero-order valence-electron chi connectivity index (χ0n) is 23.6. The quantitative estimate of drug-likeness (QED) is 0.267. The fraction of sp³-hybridized carbons (Fsp3) is 0.273. The summed E-state index contributed by atoms with van der Waals surface area (Å²) in [6, 6.07) is 19.2. The van der Waals surface area contributed by atoms with Gasteiger partial charge in [0, 0.05) is 23.0 Å². The standard InChI is InChI=1S/C33H32N4O5/c1-18(2)16-25(32(40)41)35-30(38)22-9-5-7-11-26(22)37-31(39)27-17-23-21-8-4-6-10-24(21)34-28(23)29(36(27)33(37)42)20-14-12-19(3)13-15-20/h4-15,18,25,27,29,34H,16-17H2,1-3H3,(H,35,38)(H,40,41)/t25-,27-,29?/m0/s1. The van der Waals surface area contributed by atoms with Crippen molar-refractivity contribution in [3.05, 3.63) is 101 Å². The highest BCUT2D eigenvalue weighted by Crippen LogP contribution is 2.45. The van der Waals surface area contributed by atoms with Crippen molar-refractivity contribution in [2.24, 2.45) is 5.92 Å². The minimum absolute atomic E-state index is 0.0335. The van der Waals surface area contributed by atoms with E-state index in [2.05, 4.69) is 10.3 Å². The van der Waals surface area contributed by atoms with Crippen molar-refractivity contribution in [2.75, 3.05) is 4.90 Å². The fourth-order valence-electron chi connectivity index (χ4n) is 6.18. The molecule has 3 aromatic carbocycles. The number of hydrogen-bond acceptors (Lipinski definition) is 4. The Hall–Kier alpha value is -4.92. The average Bonchev–Trinajstić information content (AvgIpc) is 3.46. The van der Waals surface area contributed by atoms with E-state index in [9.17, 15) is 24.3 Å². The molecule has 0 spiro atoms. The lowest BCUT2D eigenvalue weighted by atomic mass is 9.88. The van der Waals surface area contributed by atoms with Gasteiger partial charge in [0.1, 0.15) is 18.1 Å². The number of carbonyl (C=O) groups is 4. The normalized spacial score (nSPS) is 18.8. The number of nitrogens with one attached hydrogen (secondary N) is 2. The SMILES string of the molecule is Cc1ccc(C2c3[nH]c4ccccc4c3C[C@H]3C(=O)N(c4ccccc4C(=O)N[C@@H](CC(C)C)C(=O)O)C(=O)N23)cc1. The van der Waals surface area contributed by atoms with Gasteiger partial charge in [-0.25, -0.2) is 14.5 Å². The summed E-state index contributed by atoms with van der Waals surface area (Å²) in [7, 11) is 0. The molecule has 3 atom stereocenters. The number of rotatable bonds is 7. The Morgan fingerprint density at radius 3 is 2.40 bits per heavy atom. The minimum atomic E-state index is -1.14. The molecule has 42 heavy (non-hydrogen) atoms. The summed E-state index contributed by atoms with van der Waals surface area (Å²) in [6.07, 6.45) is 0.567. The number of imide groups is 1. The number of carboxylic acid groups (broad SMARTS) is 1. The van der Waals surface area contributed by atoms with Crippen LogP contribution in [0, 0.1) is 12.8 Å². The van der Waals surface area contributed by atoms with Crippen LogP contribution in [0.15, 0.2) is 72.8 Å². The molecule has 4 amide bonds. The van der Waals surface area contributed by atoms with Crippen LogP contribution in [0.25, 0.3) is 10.9 Å². The van der Waals surface area contributed by atoms with Crippen LogP contribution < -0.4 is 10.2 Å². The van der Waals surface area contributed by atoms with E-state index in [0.29, 0.717) is 6.42 Å². The number of carbonyl (C=O) groups excluding carboxylic acids is 3. The van der Waals surface area contributed by atoms with Crippen molar-refractivity contribution >= 4 is 40.4 Å². The van der Waals surface area contributed by atoms with Gasteiger partial charge in [0.05, 0.1) is 11.3 Å². The van der Waals surface area contributed by atoms with Crippen molar-refractivity contribution in [3.8, 4) is 0 Å². The summed E-state index contributed by atoms with van der Waals surface area (Å²) in [4.78, 5) is 59.8. The van der Waals surface area contributed by atoms with Gasteiger partial charge in [-0.2, -0.15) is 0 Å². The van der Waals surface area contributed by atoms with Crippen LogP contribution in [-0.2, 0) is 16.0 Å². The van der Waals surface area contributed by atoms with Crippen LogP contribution >= 0.6 is 0 Å². The van der Waals surface area contributed by atoms with Gasteiger partial charge in [0.2, 0.25) is 0 Å².